The van der Waals surface area contributed by atoms with Crippen molar-refractivity contribution >= 4 is 23.0 Å². The van der Waals surface area contributed by atoms with Gasteiger partial charge in [-0.2, -0.15) is 26.3 Å². The molecule has 3 aromatic carbocycles. The molecule has 0 saturated heterocycles. The minimum atomic E-state index is -5.08. The maximum atomic E-state index is 10.6. The van der Waals surface area contributed by atoms with Crippen LogP contribution in [0.25, 0.3) is 11.0 Å². The Bertz CT molecular complexity index is 1440. The van der Waals surface area contributed by atoms with Crippen LogP contribution < -0.4 is 4.74 Å². The molecule has 0 fully saturated rings. The molecule has 218 valence electrons. The molecule has 4 aromatic rings. The van der Waals surface area contributed by atoms with Crippen molar-refractivity contribution in [3.8, 4) is 11.5 Å². The zero-order valence-corrected chi connectivity index (χ0v) is 21.0. The van der Waals surface area contributed by atoms with Gasteiger partial charge in [-0.3, -0.25) is 4.90 Å². The fourth-order valence-electron chi connectivity index (χ4n) is 3.72. The first-order valence-electron chi connectivity index (χ1n) is 11.8. The summed E-state index contributed by atoms with van der Waals surface area (Å²) in [5.41, 5.74) is 6.19. The Morgan fingerprint density at radius 1 is 0.854 bits per heavy atom. The Hall–Kier alpha value is -4.59. The van der Waals surface area contributed by atoms with Gasteiger partial charge in [-0.1, -0.05) is 36.4 Å². The van der Waals surface area contributed by atoms with Gasteiger partial charge in [0.25, 0.3) is 0 Å². The zero-order valence-electron chi connectivity index (χ0n) is 21.0. The number of aliphatic carboxylic acids is 2. The van der Waals surface area contributed by atoms with Crippen LogP contribution >= 0.6 is 0 Å². The molecule has 0 saturated carbocycles. The average molecular weight is 583 g/mol. The number of benzene rings is 3. The van der Waals surface area contributed by atoms with Crippen LogP contribution in [0.5, 0.6) is 11.5 Å². The number of carboxylic acid groups (broad SMARTS) is 2. The van der Waals surface area contributed by atoms with Crippen LogP contribution in [0.1, 0.15) is 16.7 Å². The van der Waals surface area contributed by atoms with Gasteiger partial charge in [0.1, 0.15) is 11.5 Å². The zero-order chi connectivity index (χ0) is 30.2. The number of ether oxygens (including phenoxy) is 1. The van der Waals surface area contributed by atoms with Gasteiger partial charge in [-0.25, -0.2) is 14.6 Å². The number of alkyl halides is 6. The van der Waals surface area contributed by atoms with Gasteiger partial charge in [-0.15, -0.1) is 0 Å². The topological polar surface area (TPSA) is 116 Å². The molecular weight excluding hydrogens is 560 g/mol. The van der Waals surface area contributed by atoms with Crippen molar-refractivity contribution in [3.05, 3.63) is 89.7 Å². The van der Waals surface area contributed by atoms with E-state index in [1.807, 2.05) is 30.3 Å². The number of imidazole rings is 1. The summed E-state index contributed by atoms with van der Waals surface area (Å²) >= 11 is 0. The van der Waals surface area contributed by atoms with E-state index in [4.69, 9.17) is 24.5 Å². The molecule has 0 spiro atoms. The highest BCUT2D eigenvalue weighted by atomic mass is 19.4. The lowest BCUT2D eigenvalue weighted by atomic mass is 9.99. The number of aromatic amines is 1. The van der Waals surface area contributed by atoms with E-state index in [0.29, 0.717) is 0 Å². The van der Waals surface area contributed by atoms with E-state index in [0.717, 1.165) is 48.6 Å². The van der Waals surface area contributed by atoms with E-state index in [9.17, 15) is 26.3 Å². The SMILES string of the molecule is O=C(O)C(F)(F)F.O=C(O)C(F)(F)F.c1ccc2c(c1)CCN(Cc1ccc(Oc3ccc4nc[nH]c4c3)cc1)C2. The van der Waals surface area contributed by atoms with Crippen molar-refractivity contribution < 1.29 is 50.9 Å². The second-order valence-electron chi connectivity index (χ2n) is 8.66. The summed E-state index contributed by atoms with van der Waals surface area (Å²) in [7, 11) is 0. The minimum Gasteiger partial charge on any atom is -0.475 e. The van der Waals surface area contributed by atoms with Crippen LogP contribution in [0.4, 0.5) is 26.3 Å². The molecule has 41 heavy (non-hydrogen) atoms. The standard InChI is InChI=1S/C23H21N3O.2C2HF3O2/c1-2-4-19-15-26(12-11-18(19)3-1)14-17-5-7-20(8-6-17)27-21-9-10-22-23(13-21)25-16-24-22;2*3-2(4,5)1(6)7/h1-10,13,16H,11-12,14-15H2,(H,24,25);2*(H,6,7). The van der Waals surface area contributed by atoms with E-state index in [1.165, 1.54) is 16.7 Å². The molecular formula is C27H23F6N3O5. The quantitative estimate of drug-likeness (QED) is 0.246. The second kappa shape index (κ2) is 13.2. The number of nitrogens with one attached hydrogen (secondary N) is 1. The van der Waals surface area contributed by atoms with E-state index in [2.05, 4.69) is 51.3 Å². The van der Waals surface area contributed by atoms with Crippen molar-refractivity contribution in [3.63, 3.8) is 0 Å². The Kier molecular flexibility index (Phi) is 9.94. The molecule has 0 atom stereocenters. The summed E-state index contributed by atoms with van der Waals surface area (Å²) < 4.78 is 69.5. The van der Waals surface area contributed by atoms with Crippen molar-refractivity contribution in [1.82, 2.24) is 14.9 Å². The van der Waals surface area contributed by atoms with Crippen LogP contribution in [0, 0.1) is 0 Å². The Morgan fingerprint density at radius 3 is 2.00 bits per heavy atom. The summed E-state index contributed by atoms with van der Waals surface area (Å²) in [6.07, 6.45) is -7.34. The molecule has 0 unspecified atom stereocenters. The first kappa shape index (κ1) is 30.9. The van der Waals surface area contributed by atoms with Crippen molar-refractivity contribution in [2.45, 2.75) is 31.9 Å². The third-order valence-corrected chi connectivity index (χ3v) is 5.65. The van der Waals surface area contributed by atoms with Gasteiger partial charge in [0.05, 0.1) is 17.4 Å². The number of fused-ring (bicyclic) bond motifs is 2. The second-order valence-corrected chi connectivity index (χ2v) is 8.66. The van der Waals surface area contributed by atoms with Gasteiger partial charge >= 0.3 is 24.3 Å². The van der Waals surface area contributed by atoms with Gasteiger partial charge in [0, 0.05) is 25.7 Å². The molecule has 0 aliphatic carbocycles. The molecule has 2 heterocycles. The van der Waals surface area contributed by atoms with Crippen LogP contribution in [0.3, 0.4) is 0 Å². The minimum absolute atomic E-state index is 0.812. The monoisotopic (exact) mass is 583 g/mol. The summed E-state index contributed by atoms with van der Waals surface area (Å²) in [6.45, 7) is 3.10. The number of H-pyrrole nitrogens is 1. The molecule has 14 heteroatoms. The maximum absolute atomic E-state index is 10.6. The number of hydrogen-bond donors (Lipinski definition) is 3. The number of carbonyl (C=O) groups is 2. The van der Waals surface area contributed by atoms with Crippen LogP contribution in [0.2, 0.25) is 0 Å². The number of aromatic nitrogens is 2. The maximum Gasteiger partial charge on any atom is 0.490 e. The predicted molar refractivity (Wildman–Crippen MR) is 134 cm³/mol. The van der Waals surface area contributed by atoms with Gasteiger partial charge in [0.2, 0.25) is 0 Å². The number of rotatable bonds is 4. The molecule has 0 bridgehead atoms. The average Bonchev–Trinajstić information content (AvgIpc) is 3.37. The van der Waals surface area contributed by atoms with Crippen molar-refractivity contribution in [2.75, 3.05) is 6.54 Å². The Morgan fingerprint density at radius 2 is 1.41 bits per heavy atom. The number of halogens is 6. The van der Waals surface area contributed by atoms with Crippen LogP contribution in [-0.2, 0) is 29.1 Å². The molecule has 0 radical (unpaired) electrons. The van der Waals surface area contributed by atoms with E-state index >= 15 is 0 Å². The third kappa shape index (κ3) is 9.53. The van der Waals surface area contributed by atoms with Crippen molar-refractivity contribution in [1.29, 1.82) is 0 Å². The number of carboxylic acids is 2. The van der Waals surface area contributed by atoms with Crippen LogP contribution in [0.15, 0.2) is 73.1 Å². The van der Waals surface area contributed by atoms with Crippen molar-refractivity contribution in [2.24, 2.45) is 0 Å². The molecule has 1 aromatic heterocycles. The van der Waals surface area contributed by atoms with E-state index in [1.54, 1.807) is 6.33 Å². The highest BCUT2D eigenvalue weighted by Gasteiger charge is 2.38. The molecule has 3 N–H and O–H groups in total. The molecule has 1 aliphatic heterocycles. The van der Waals surface area contributed by atoms with Gasteiger partial charge < -0.3 is 19.9 Å². The fraction of sp³-hybridized carbons (Fsp3) is 0.222. The highest BCUT2D eigenvalue weighted by molar-refractivity contribution is 5.76. The highest BCUT2D eigenvalue weighted by Crippen LogP contribution is 2.26. The third-order valence-electron chi connectivity index (χ3n) is 5.65. The summed E-state index contributed by atoms with van der Waals surface area (Å²) in [6, 6.07) is 23.1. The molecule has 0 amide bonds. The van der Waals surface area contributed by atoms with E-state index < -0.39 is 24.3 Å². The summed E-state index contributed by atoms with van der Waals surface area (Å²) in [5, 5.41) is 14.2. The molecule has 8 nitrogen and oxygen atoms in total. The fourth-order valence-corrected chi connectivity index (χ4v) is 3.72. The first-order chi connectivity index (χ1) is 19.2. The number of nitrogens with zero attached hydrogens (tertiary/aromatic N) is 2. The first-order valence-corrected chi connectivity index (χ1v) is 11.8. The smallest absolute Gasteiger partial charge is 0.475 e. The lowest BCUT2D eigenvalue weighted by Crippen LogP contribution is -2.29. The van der Waals surface area contributed by atoms with Gasteiger partial charge in [-0.05, 0) is 47.4 Å². The Balaban J connectivity index is 0.000000276. The van der Waals surface area contributed by atoms with E-state index in [-0.39, 0.29) is 0 Å². The lowest BCUT2D eigenvalue weighted by Gasteiger charge is -2.28. The molecule has 1 aliphatic rings. The summed E-state index contributed by atoms with van der Waals surface area (Å²) in [5.74, 6) is -3.85. The normalized spacial score (nSPS) is 13.2. The molecule has 5 rings (SSSR count). The summed E-state index contributed by atoms with van der Waals surface area (Å²) in [4.78, 5) is 27.6. The van der Waals surface area contributed by atoms with Crippen LogP contribution in [-0.4, -0.2) is 55.9 Å². The van der Waals surface area contributed by atoms with Gasteiger partial charge in [0.15, 0.2) is 0 Å². The number of hydrogen-bond acceptors (Lipinski definition) is 5. The largest absolute Gasteiger partial charge is 0.490 e. The Labute approximate surface area is 228 Å². The predicted octanol–water partition coefficient (Wildman–Crippen LogP) is 6.18. The lowest BCUT2D eigenvalue weighted by molar-refractivity contribution is -0.193.